The van der Waals surface area contributed by atoms with Crippen molar-refractivity contribution >= 4 is 17.9 Å². The van der Waals surface area contributed by atoms with Gasteiger partial charge in [0.05, 0.1) is 0 Å². The Kier molecular flexibility index (Phi) is 4.19. The number of piperidine rings is 1. The van der Waals surface area contributed by atoms with E-state index < -0.39 is 0 Å². The summed E-state index contributed by atoms with van der Waals surface area (Å²) in [5.74, 6) is 0. The number of hydrogen-bond donors (Lipinski definition) is 1. The average Bonchev–Trinajstić information content (AvgIpc) is 2.30. The summed E-state index contributed by atoms with van der Waals surface area (Å²) >= 11 is 6.00. The highest BCUT2D eigenvalue weighted by Gasteiger charge is 2.31. The molecule has 92 valence electrons. The molecule has 2 rings (SSSR count). The molecule has 0 radical (unpaired) electrons. The van der Waals surface area contributed by atoms with Crippen molar-refractivity contribution in [2.24, 2.45) is 5.41 Å². The predicted molar refractivity (Wildman–Crippen MR) is 70.4 cm³/mol. The summed E-state index contributed by atoms with van der Waals surface area (Å²) in [7, 11) is 0. The van der Waals surface area contributed by atoms with E-state index in [2.05, 4.69) is 11.4 Å². The van der Waals surface area contributed by atoms with Crippen LogP contribution in [0, 0.1) is 5.41 Å². The van der Waals surface area contributed by atoms with E-state index in [0.717, 1.165) is 43.7 Å². The molecule has 1 saturated heterocycles. The zero-order valence-electron chi connectivity index (χ0n) is 9.92. The lowest BCUT2D eigenvalue weighted by Crippen LogP contribution is -2.38. The molecule has 2 nitrogen and oxygen atoms in total. The van der Waals surface area contributed by atoms with Crippen molar-refractivity contribution in [3.63, 3.8) is 0 Å². The van der Waals surface area contributed by atoms with E-state index in [4.69, 9.17) is 11.6 Å². The van der Waals surface area contributed by atoms with Gasteiger partial charge >= 0.3 is 0 Å². The number of halogens is 1. The van der Waals surface area contributed by atoms with Crippen LogP contribution in [0.25, 0.3) is 0 Å². The molecule has 3 heteroatoms. The molecule has 1 aromatic carbocycles. The van der Waals surface area contributed by atoms with Crippen LogP contribution in [0.5, 0.6) is 0 Å². The summed E-state index contributed by atoms with van der Waals surface area (Å²) in [6.07, 6.45) is 4.81. The van der Waals surface area contributed by atoms with Crippen LogP contribution in [0.15, 0.2) is 24.3 Å². The summed E-state index contributed by atoms with van der Waals surface area (Å²) in [4.78, 5) is 10.9. The van der Waals surface area contributed by atoms with Crippen LogP contribution in [0.2, 0.25) is 5.02 Å². The molecule has 0 amide bonds. The van der Waals surface area contributed by atoms with Gasteiger partial charge in [-0.15, -0.1) is 0 Å². The molecule has 17 heavy (non-hydrogen) atoms. The fourth-order valence-corrected chi connectivity index (χ4v) is 2.88. The molecule has 1 heterocycles. The maximum Gasteiger partial charge on any atom is 0.120 e. The minimum Gasteiger partial charge on any atom is -0.317 e. The van der Waals surface area contributed by atoms with Crippen LogP contribution in [0.4, 0.5) is 0 Å². The third kappa shape index (κ3) is 3.30. The second-order valence-electron chi connectivity index (χ2n) is 4.93. The molecule has 1 N–H and O–H groups in total. The number of aldehydes is 1. The van der Waals surface area contributed by atoms with Crippen LogP contribution < -0.4 is 5.32 Å². The first-order valence-electron chi connectivity index (χ1n) is 6.13. The molecule has 1 fully saturated rings. The Hall–Kier alpha value is -0.860. The van der Waals surface area contributed by atoms with Crippen LogP contribution in [0.3, 0.4) is 0 Å². The quantitative estimate of drug-likeness (QED) is 0.834. The van der Waals surface area contributed by atoms with E-state index in [1.54, 1.807) is 0 Å². The lowest BCUT2D eigenvalue weighted by molar-refractivity contribution is -0.110. The first-order chi connectivity index (χ1) is 8.24. The molecule has 1 aliphatic heterocycles. The summed E-state index contributed by atoms with van der Waals surface area (Å²) < 4.78 is 0. The topological polar surface area (TPSA) is 29.1 Å². The molecule has 0 bridgehead atoms. The van der Waals surface area contributed by atoms with E-state index in [1.165, 1.54) is 5.56 Å². The van der Waals surface area contributed by atoms with Gasteiger partial charge in [-0.05, 0) is 55.5 Å². The van der Waals surface area contributed by atoms with Crippen LogP contribution in [-0.4, -0.2) is 19.4 Å². The van der Waals surface area contributed by atoms with Gasteiger partial charge in [0.2, 0.25) is 0 Å². The van der Waals surface area contributed by atoms with Gasteiger partial charge in [0.1, 0.15) is 6.29 Å². The monoisotopic (exact) mass is 251 g/mol. The third-order valence-corrected chi connectivity index (χ3v) is 3.88. The Morgan fingerprint density at radius 3 is 2.76 bits per heavy atom. The van der Waals surface area contributed by atoms with Crippen molar-refractivity contribution in [1.29, 1.82) is 0 Å². The van der Waals surface area contributed by atoms with Gasteiger partial charge in [0.15, 0.2) is 0 Å². The van der Waals surface area contributed by atoms with Gasteiger partial charge in [-0.2, -0.15) is 0 Å². The second kappa shape index (κ2) is 5.65. The van der Waals surface area contributed by atoms with Crippen LogP contribution >= 0.6 is 11.6 Å². The number of benzene rings is 1. The largest absolute Gasteiger partial charge is 0.317 e. The summed E-state index contributed by atoms with van der Waals surface area (Å²) in [6.45, 7) is 2.02. The standard InChI is InChI=1S/C14H18ClNO/c15-13-3-1-2-12(10-13)11-14(6-9-17)4-7-16-8-5-14/h1-3,9-10,16H,4-8,11H2. The highest BCUT2D eigenvalue weighted by atomic mass is 35.5. The molecular formula is C14H18ClNO. The highest BCUT2D eigenvalue weighted by molar-refractivity contribution is 6.30. The number of nitrogens with one attached hydrogen (secondary N) is 1. The van der Waals surface area contributed by atoms with Crippen molar-refractivity contribution in [3.8, 4) is 0 Å². The minimum absolute atomic E-state index is 0.137. The number of carbonyl (C=O) groups excluding carboxylic acids is 1. The van der Waals surface area contributed by atoms with E-state index in [9.17, 15) is 4.79 Å². The second-order valence-corrected chi connectivity index (χ2v) is 5.36. The molecule has 0 spiro atoms. The molecule has 0 saturated carbocycles. The summed E-state index contributed by atoms with van der Waals surface area (Å²) in [5.41, 5.74) is 1.37. The average molecular weight is 252 g/mol. The lowest BCUT2D eigenvalue weighted by Gasteiger charge is -2.36. The van der Waals surface area contributed by atoms with Gasteiger partial charge in [-0.3, -0.25) is 0 Å². The Morgan fingerprint density at radius 1 is 1.35 bits per heavy atom. The molecule has 0 aliphatic carbocycles. The van der Waals surface area contributed by atoms with Crippen molar-refractivity contribution in [2.45, 2.75) is 25.7 Å². The molecular weight excluding hydrogens is 234 g/mol. The van der Waals surface area contributed by atoms with Gasteiger partial charge in [-0.25, -0.2) is 0 Å². The molecule has 0 aromatic heterocycles. The predicted octanol–water partition coefficient (Wildman–Crippen LogP) is 2.84. The third-order valence-electron chi connectivity index (χ3n) is 3.65. The fraction of sp³-hybridized carbons (Fsp3) is 0.500. The Balaban J connectivity index is 2.14. The van der Waals surface area contributed by atoms with Crippen molar-refractivity contribution in [3.05, 3.63) is 34.9 Å². The number of carbonyl (C=O) groups is 1. The molecule has 1 aliphatic rings. The zero-order valence-corrected chi connectivity index (χ0v) is 10.7. The van der Waals surface area contributed by atoms with E-state index in [-0.39, 0.29) is 5.41 Å². The maximum atomic E-state index is 10.9. The normalized spacial score (nSPS) is 18.9. The van der Waals surface area contributed by atoms with Crippen molar-refractivity contribution in [2.75, 3.05) is 13.1 Å². The van der Waals surface area contributed by atoms with E-state index in [0.29, 0.717) is 6.42 Å². The minimum atomic E-state index is 0.137. The molecule has 1 aromatic rings. The summed E-state index contributed by atoms with van der Waals surface area (Å²) in [6, 6.07) is 7.98. The first-order valence-corrected chi connectivity index (χ1v) is 6.51. The first kappa shape index (κ1) is 12.6. The smallest absolute Gasteiger partial charge is 0.120 e. The van der Waals surface area contributed by atoms with Gasteiger partial charge in [0, 0.05) is 11.4 Å². The summed E-state index contributed by atoms with van der Waals surface area (Å²) in [5, 5.41) is 4.13. The lowest BCUT2D eigenvalue weighted by atomic mass is 9.72. The van der Waals surface area contributed by atoms with Gasteiger partial charge in [0.25, 0.3) is 0 Å². The Labute approximate surface area is 107 Å². The zero-order chi connectivity index (χ0) is 12.1. The number of rotatable bonds is 4. The fourth-order valence-electron chi connectivity index (χ4n) is 2.67. The number of hydrogen-bond acceptors (Lipinski definition) is 2. The van der Waals surface area contributed by atoms with E-state index in [1.807, 2.05) is 18.2 Å². The highest BCUT2D eigenvalue weighted by Crippen LogP contribution is 2.36. The van der Waals surface area contributed by atoms with Gasteiger partial charge in [-0.1, -0.05) is 23.7 Å². The Bertz CT molecular complexity index is 386. The van der Waals surface area contributed by atoms with Crippen molar-refractivity contribution in [1.82, 2.24) is 5.32 Å². The maximum absolute atomic E-state index is 10.9. The van der Waals surface area contributed by atoms with Crippen LogP contribution in [0.1, 0.15) is 24.8 Å². The van der Waals surface area contributed by atoms with Crippen molar-refractivity contribution < 1.29 is 4.79 Å². The Morgan fingerprint density at radius 2 is 2.12 bits per heavy atom. The molecule has 0 atom stereocenters. The molecule has 0 unspecified atom stereocenters. The van der Waals surface area contributed by atoms with E-state index >= 15 is 0 Å². The van der Waals surface area contributed by atoms with Gasteiger partial charge < -0.3 is 10.1 Å². The SMILES string of the molecule is O=CCC1(Cc2cccc(Cl)c2)CCNCC1. The van der Waals surface area contributed by atoms with Crippen LogP contribution in [-0.2, 0) is 11.2 Å².